The van der Waals surface area contributed by atoms with E-state index < -0.39 is 0 Å². The summed E-state index contributed by atoms with van der Waals surface area (Å²) in [5, 5.41) is 0. The third kappa shape index (κ3) is 2.74. The fraction of sp³-hybridized carbons (Fsp3) is 0.0714. The van der Waals surface area contributed by atoms with Gasteiger partial charge in [-0.25, -0.2) is 0 Å². The van der Waals surface area contributed by atoms with E-state index in [1.54, 1.807) is 11.8 Å². The van der Waals surface area contributed by atoms with Gasteiger partial charge in [-0.3, -0.25) is 4.79 Å². The first kappa shape index (κ1) is 11.0. The summed E-state index contributed by atoms with van der Waals surface area (Å²) in [6.07, 6.45) is 0.918. The summed E-state index contributed by atoms with van der Waals surface area (Å²) in [7, 11) is 0. The number of hydrogen-bond donors (Lipinski definition) is 0. The van der Waals surface area contributed by atoms with Crippen molar-refractivity contribution in [2.75, 3.05) is 0 Å². The first-order valence-electron chi connectivity index (χ1n) is 5.11. The van der Waals surface area contributed by atoms with Crippen molar-refractivity contribution in [3.63, 3.8) is 0 Å². The number of hydrogen-bond acceptors (Lipinski definition) is 2. The molecule has 1 nitrogen and oxygen atoms in total. The van der Waals surface area contributed by atoms with Crippen LogP contribution in [0.4, 0.5) is 0 Å². The van der Waals surface area contributed by atoms with Gasteiger partial charge in [0.1, 0.15) is 6.29 Å². The summed E-state index contributed by atoms with van der Waals surface area (Å²) in [6.45, 7) is 0. The van der Waals surface area contributed by atoms with Crippen molar-refractivity contribution < 1.29 is 4.79 Å². The Morgan fingerprint density at radius 1 is 0.938 bits per heavy atom. The molecule has 2 rings (SSSR count). The van der Waals surface area contributed by atoms with Crippen molar-refractivity contribution >= 4 is 18.0 Å². The third-order valence-electron chi connectivity index (χ3n) is 2.32. The predicted molar refractivity (Wildman–Crippen MR) is 67.8 cm³/mol. The minimum absolute atomic E-state index is 0.783. The lowest BCUT2D eigenvalue weighted by molar-refractivity contribution is 0.112. The fourth-order valence-corrected chi connectivity index (χ4v) is 2.39. The van der Waals surface area contributed by atoms with E-state index in [1.165, 1.54) is 4.90 Å². The number of benzene rings is 2. The minimum Gasteiger partial charge on any atom is -0.298 e. The van der Waals surface area contributed by atoms with Crippen molar-refractivity contribution in [2.24, 2.45) is 0 Å². The normalized spacial score (nSPS) is 10.0. The molecule has 0 aromatic heterocycles. The third-order valence-corrected chi connectivity index (χ3v) is 3.38. The lowest BCUT2D eigenvalue weighted by Crippen LogP contribution is -1.89. The minimum atomic E-state index is 0.783. The summed E-state index contributed by atoms with van der Waals surface area (Å²) < 4.78 is 0. The van der Waals surface area contributed by atoms with Crippen molar-refractivity contribution in [3.8, 4) is 0 Å². The molecule has 0 radical (unpaired) electrons. The standard InChI is InChI=1S/C14H12OS/c15-10-12-6-4-5-7-13(12)11-16-14-8-2-1-3-9-14/h1-10H,11H2. The number of carbonyl (C=O) groups is 1. The van der Waals surface area contributed by atoms with Crippen LogP contribution in [0.15, 0.2) is 59.5 Å². The maximum absolute atomic E-state index is 10.8. The molecule has 0 bridgehead atoms. The van der Waals surface area contributed by atoms with Crippen LogP contribution in [-0.2, 0) is 5.75 Å². The highest BCUT2D eigenvalue weighted by molar-refractivity contribution is 7.98. The molecule has 0 unspecified atom stereocenters. The van der Waals surface area contributed by atoms with Gasteiger partial charge in [-0.2, -0.15) is 0 Å². The molecule has 0 saturated carbocycles. The average Bonchev–Trinajstić information content (AvgIpc) is 2.38. The van der Waals surface area contributed by atoms with Crippen LogP contribution in [0.25, 0.3) is 0 Å². The van der Waals surface area contributed by atoms with Crippen LogP contribution in [0.2, 0.25) is 0 Å². The summed E-state index contributed by atoms with van der Waals surface area (Å²) in [5.41, 5.74) is 1.87. The van der Waals surface area contributed by atoms with Crippen LogP contribution in [0.3, 0.4) is 0 Å². The van der Waals surface area contributed by atoms with Gasteiger partial charge in [0, 0.05) is 16.2 Å². The average molecular weight is 228 g/mol. The smallest absolute Gasteiger partial charge is 0.150 e. The second-order valence-electron chi connectivity index (χ2n) is 3.42. The molecule has 0 spiro atoms. The Morgan fingerprint density at radius 2 is 1.62 bits per heavy atom. The highest BCUT2D eigenvalue weighted by atomic mass is 32.2. The molecule has 0 amide bonds. The Hall–Kier alpha value is -1.54. The molecule has 2 heteroatoms. The van der Waals surface area contributed by atoms with Gasteiger partial charge in [-0.05, 0) is 17.7 Å². The maximum Gasteiger partial charge on any atom is 0.150 e. The van der Waals surface area contributed by atoms with Gasteiger partial charge < -0.3 is 0 Å². The Balaban J connectivity index is 2.08. The second-order valence-corrected chi connectivity index (χ2v) is 4.47. The van der Waals surface area contributed by atoms with Gasteiger partial charge in [-0.15, -0.1) is 11.8 Å². The SMILES string of the molecule is O=Cc1ccccc1CSc1ccccc1. The van der Waals surface area contributed by atoms with E-state index in [0.29, 0.717) is 0 Å². The molecule has 0 atom stereocenters. The zero-order valence-corrected chi connectivity index (χ0v) is 9.61. The van der Waals surface area contributed by atoms with Crippen LogP contribution in [0.5, 0.6) is 0 Å². The van der Waals surface area contributed by atoms with E-state index in [9.17, 15) is 4.79 Å². The number of aldehydes is 1. The molecule has 0 heterocycles. The highest BCUT2D eigenvalue weighted by Crippen LogP contribution is 2.23. The van der Waals surface area contributed by atoms with Gasteiger partial charge in [0.25, 0.3) is 0 Å². The molecular formula is C14H12OS. The molecule has 0 aliphatic rings. The van der Waals surface area contributed by atoms with Gasteiger partial charge in [0.2, 0.25) is 0 Å². The van der Waals surface area contributed by atoms with E-state index >= 15 is 0 Å². The van der Waals surface area contributed by atoms with E-state index in [2.05, 4.69) is 12.1 Å². The van der Waals surface area contributed by atoms with Crippen molar-refractivity contribution in [3.05, 3.63) is 65.7 Å². The zero-order valence-electron chi connectivity index (χ0n) is 8.80. The van der Waals surface area contributed by atoms with Crippen LogP contribution in [-0.4, -0.2) is 6.29 Å². The molecular weight excluding hydrogens is 216 g/mol. The summed E-state index contributed by atoms with van der Waals surface area (Å²) in [6, 6.07) is 17.9. The summed E-state index contributed by atoms with van der Waals surface area (Å²) in [4.78, 5) is 12.1. The topological polar surface area (TPSA) is 17.1 Å². The van der Waals surface area contributed by atoms with Crippen molar-refractivity contribution in [2.45, 2.75) is 10.6 Å². The van der Waals surface area contributed by atoms with Gasteiger partial charge >= 0.3 is 0 Å². The lowest BCUT2D eigenvalue weighted by Gasteiger charge is -2.04. The molecule has 0 N–H and O–H groups in total. The lowest BCUT2D eigenvalue weighted by atomic mass is 10.1. The fourth-order valence-electron chi connectivity index (χ4n) is 1.46. The zero-order chi connectivity index (χ0) is 11.2. The molecule has 16 heavy (non-hydrogen) atoms. The van der Waals surface area contributed by atoms with Crippen LogP contribution >= 0.6 is 11.8 Å². The largest absolute Gasteiger partial charge is 0.298 e. The van der Waals surface area contributed by atoms with E-state index in [1.807, 2.05) is 42.5 Å². The summed E-state index contributed by atoms with van der Waals surface area (Å²) >= 11 is 1.74. The highest BCUT2D eigenvalue weighted by Gasteiger charge is 2.00. The molecule has 0 aliphatic carbocycles. The predicted octanol–water partition coefficient (Wildman–Crippen LogP) is 3.79. The Labute approximate surface area is 99.5 Å². The van der Waals surface area contributed by atoms with Gasteiger partial charge in [0.15, 0.2) is 0 Å². The van der Waals surface area contributed by atoms with E-state index in [0.717, 1.165) is 23.2 Å². The van der Waals surface area contributed by atoms with Crippen LogP contribution in [0.1, 0.15) is 15.9 Å². The molecule has 0 fully saturated rings. The first-order chi connectivity index (χ1) is 7.90. The number of rotatable bonds is 4. The summed E-state index contributed by atoms with van der Waals surface area (Å²) in [5.74, 6) is 0.832. The van der Waals surface area contributed by atoms with Gasteiger partial charge in [-0.1, -0.05) is 42.5 Å². The number of thioether (sulfide) groups is 1. The van der Waals surface area contributed by atoms with E-state index in [4.69, 9.17) is 0 Å². The quantitative estimate of drug-likeness (QED) is 0.585. The van der Waals surface area contributed by atoms with E-state index in [-0.39, 0.29) is 0 Å². The molecule has 2 aromatic rings. The van der Waals surface area contributed by atoms with Gasteiger partial charge in [0.05, 0.1) is 0 Å². The Kier molecular flexibility index (Phi) is 3.78. The van der Waals surface area contributed by atoms with Crippen molar-refractivity contribution in [1.29, 1.82) is 0 Å². The first-order valence-corrected chi connectivity index (χ1v) is 6.09. The maximum atomic E-state index is 10.8. The van der Waals surface area contributed by atoms with Crippen molar-refractivity contribution in [1.82, 2.24) is 0 Å². The second kappa shape index (κ2) is 5.52. The Bertz CT molecular complexity index is 465. The molecule has 2 aromatic carbocycles. The molecule has 80 valence electrons. The molecule has 0 saturated heterocycles. The monoisotopic (exact) mass is 228 g/mol. The number of carbonyl (C=O) groups excluding carboxylic acids is 1. The Morgan fingerprint density at radius 3 is 2.38 bits per heavy atom. The van der Waals surface area contributed by atoms with Crippen LogP contribution < -0.4 is 0 Å². The van der Waals surface area contributed by atoms with Crippen LogP contribution in [0, 0.1) is 0 Å². The molecule has 0 aliphatic heterocycles.